The van der Waals surface area contributed by atoms with Crippen LogP contribution in [0.2, 0.25) is 0 Å². The van der Waals surface area contributed by atoms with Crippen molar-refractivity contribution in [3.63, 3.8) is 0 Å². The lowest BCUT2D eigenvalue weighted by atomic mass is 9.93. The quantitative estimate of drug-likeness (QED) is 0.897. The maximum Gasteiger partial charge on any atom is 0.224 e. The predicted octanol–water partition coefficient (Wildman–Crippen LogP) is 3.18. The van der Waals surface area contributed by atoms with Crippen LogP contribution in [0, 0.1) is 0 Å². The number of hydrogen-bond acceptors (Lipinski definition) is 3. The molecular weight excluding hydrogens is 244 g/mol. The smallest absolute Gasteiger partial charge is 0.224 e. The van der Waals surface area contributed by atoms with Crippen molar-refractivity contribution in [3.8, 4) is 10.6 Å². The molecule has 1 atom stereocenters. The predicted molar refractivity (Wildman–Crippen MR) is 74.4 cm³/mol. The van der Waals surface area contributed by atoms with Crippen LogP contribution in [-0.2, 0) is 4.79 Å². The van der Waals surface area contributed by atoms with E-state index in [0.29, 0.717) is 0 Å². The fourth-order valence-corrected chi connectivity index (χ4v) is 2.65. The van der Waals surface area contributed by atoms with Crippen molar-refractivity contribution >= 4 is 17.2 Å². The first kappa shape index (κ1) is 12.8. The molecule has 0 saturated heterocycles. The Bertz CT molecular complexity index is 522. The van der Waals surface area contributed by atoms with E-state index >= 15 is 0 Å². The number of hydrogen-bond donors (Lipinski definition) is 1. The maximum absolute atomic E-state index is 11.5. The van der Waals surface area contributed by atoms with Gasteiger partial charge in [0.1, 0.15) is 5.01 Å². The van der Waals surface area contributed by atoms with Gasteiger partial charge in [0.25, 0.3) is 0 Å². The molecule has 1 amide bonds. The highest BCUT2D eigenvalue weighted by Gasteiger charge is 2.17. The molecule has 94 valence electrons. The minimum Gasteiger partial charge on any atom is -0.369 e. The van der Waals surface area contributed by atoms with Gasteiger partial charge >= 0.3 is 0 Å². The fraction of sp³-hybridized carbons (Fsp3) is 0.286. The molecule has 0 saturated carbocycles. The van der Waals surface area contributed by atoms with Gasteiger partial charge in [-0.15, -0.1) is 11.3 Å². The van der Waals surface area contributed by atoms with Gasteiger partial charge in [-0.05, 0) is 18.1 Å². The molecule has 2 N–H and O–H groups in total. The van der Waals surface area contributed by atoms with Crippen molar-refractivity contribution in [3.05, 3.63) is 41.4 Å². The van der Waals surface area contributed by atoms with Gasteiger partial charge in [0.15, 0.2) is 0 Å². The lowest BCUT2D eigenvalue weighted by Gasteiger charge is -2.13. The first-order valence-corrected chi connectivity index (χ1v) is 6.89. The van der Waals surface area contributed by atoms with Gasteiger partial charge in [-0.25, -0.2) is 4.98 Å². The Morgan fingerprint density at radius 1 is 1.50 bits per heavy atom. The molecule has 1 heterocycles. The lowest BCUT2D eigenvalue weighted by molar-refractivity contribution is -0.119. The Balaban J connectivity index is 2.34. The van der Waals surface area contributed by atoms with Crippen molar-refractivity contribution in [1.29, 1.82) is 0 Å². The molecule has 0 aliphatic carbocycles. The van der Waals surface area contributed by atoms with Crippen molar-refractivity contribution in [1.82, 2.24) is 4.98 Å². The topological polar surface area (TPSA) is 56.0 Å². The Kier molecular flexibility index (Phi) is 4.10. The molecule has 2 aromatic rings. The average molecular weight is 260 g/mol. The molecule has 1 aromatic carbocycles. The van der Waals surface area contributed by atoms with E-state index in [1.54, 1.807) is 17.5 Å². The molecule has 0 bridgehead atoms. The number of carbonyl (C=O) groups is 1. The summed E-state index contributed by atoms with van der Waals surface area (Å²) in [6.07, 6.45) is 3.51. The highest BCUT2D eigenvalue weighted by atomic mass is 32.1. The summed E-state index contributed by atoms with van der Waals surface area (Å²) in [6, 6.07) is 7.94. The third-order valence-electron chi connectivity index (χ3n) is 2.89. The molecular formula is C14H16N2OS. The van der Waals surface area contributed by atoms with Crippen LogP contribution in [0.1, 0.15) is 31.2 Å². The second kappa shape index (κ2) is 5.78. The van der Waals surface area contributed by atoms with Crippen LogP contribution in [0.25, 0.3) is 10.6 Å². The highest BCUT2D eigenvalue weighted by molar-refractivity contribution is 7.13. The lowest BCUT2D eigenvalue weighted by Crippen LogP contribution is -2.21. The zero-order chi connectivity index (χ0) is 13.0. The number of primary amides is 1. The number of rotatable bonds is 5. The molecule has 0 aliphatic rings. The first-order chi connectivity index (χ1) is 8.72. The van der Waals surface area contributed by atoms with Crippen molar-refractivity contribution in [2.45, 2.75) is 25.7 Å². The van der Waals surface area contributed by atoms with E-state index in [2.05, 4.69) is 11.9 Å². The van der Waals surface area contributed by atoms with E-state index in [1.165, 1.54) is 0 Å². The highest BCUT2D eigenvalue weighted by Crippen LogP contribution is 2.27. The van der Waals surface area contributed by atoms with E-state index in [4.69, 9.17) is 5.73 Å². The van der Waals surface area contributed by atoms with Crippen LogP contribution in [0.4, 0.5) is 0 Å². The molecule has 0 spiro atoms. The Labute approximate surface area is 111 Å². The standard InChI is InChI=1S/C14H16N2OS/c1-2-4-12(13(15)17)10-5-3-6-11(9-10)14-16-7-8-18-14/h3,5-9,12H,2,4H2,1H3,(H2,15,17). The minimum atomic E-state index is -0.256. The molecule has 0 radical (unpaired) electrons. The van der Waals surface area contributed by atoms with Crippen LogP contribution in [-0.4, -0.2) is 10.9 Å². The van der Waals surface area contributed by atoms with Crippen molar-refractivity contribution < 1.29 is 4.79 Å². The Morgan fingerprint density at radius 3 is 2.94 bits per heavy atom. The zero-order valence-corrected chi connectivity index (χ0v) is 11.1. The van der Waals surface area contributed by atoms with Crippen molar-refractivity contribution in [2.24, 2.45) is 5.73 Å². The van der Waals surface area contributed by atoms with E-state index < -0.39 is 0 Å². The van der Waals surface area contributed by atoms with Gasteiger partial charge in [-0.2, -0.15) is 0 Å². The molecule has 3 nitrogen and oxygen atoms in total. The van der Waals surface area contributed by atoms with Gasteiger partial charge in [0.05, 0.1) is 5.92 Å². The summed E-state index contributed by atoms with van der Waals surface area (Å²) in [5, 5.41) is 2.91. The number of aromatic nitrogens is 1. The van der Waals surface area contributed by atoms with E-state index in [1.807, 2.05) is 29.6 Å². The number of benzene rings is 1. The summed E-state index contributed by atoms with van der Waals surface area (Å²) in [5.74, 6) is -0.456. The van der Waals surface area contributed by atoms with E-state index in [9.17, 15) is 4.79 Å². The summed E-state index contributed by atoms with van der Waals surface area (Å²) in [6.45, 7) is 2.06. The van der Waals surface area contributed by atoms with Gasteiger partial charge in [-0.3, -0.25) is 4.79 Å². The van der Waals surface area contributed by atoms with E-state index in [0.717, 1.165) is 29.0 Å². The molecule has 0 fully saturated rings. The molecule has 4 heteroatoms. The fourth-order valence-electron chi connectivity index (χ4n) is 2.02. The summed E-state index contributed by atoms with van der Waals surface area (Å²) in [5.41, 5.74) is 7.50. The number of amides is 1. The number of carbonyl (C=O) groups excluding carboxylic acids is 1. The second-order valence-electron chi connectivity index (χ2n) is 4.21. The van der Waals surface area contributed by atoms with Crippen LogP contribution < -0.4 is 5.73 Å². The normalized spacial score (nSPS) is 12.3. The van der Waals surface area contributed by atoms with Gasteiger partial charge in [0, 0.05) is 17.1 Å². The summed E-state index contributed by atoms with van der Waals surface area (Å²) < 4.78 is 0. The monoisotopic (exact) mass is 260 g/mol. The summed E-state index contributed by atoms with van der Waals surface area (Å²) >= 11 is 1.59. The average Bonchev–Trinajstić information content (AvgIpc) is 2.89. The van der Waals surface area contributed by atoms with Crippen LogP contribution >= 0.6 is 11.3 Å². The molecule has 0 aliphatic heterocycles. The van der Waals surface area contributed by atoms with Gasteiger partial charge in [0.2, 0.25) is 5.91 Å². The molecule has 18 heavy (non-hydrogen) atoms. The largest absolute Gasteiger partial charge is 0.369 e. The van der Waals surface area contributed by atoms with Crippen LogP contribution in [0.3, 0.4) is 0 Å². The molecule has 2 rings (SSSR count). The Morgan fingerprint density at radius 2 is 2.33 bits per heavy atom. The van der Waals surface area contributed by atoms with E-state index in [-0.39, 0.29) is 11.8 Å². The third kappa shape index (κ3) is 2.76. The number of nitrogens with zero attached hydrogens (tertiary/aromatic N) is 1. The number of nitrogens with two attached hydrogens (primary N) is 1. The summed E-state index contributed by atoms with van der Waals surface area (Å²) in [4.78, 5) is 15.8. The van der Waals surface area contributed by atoms with Gasteiger partial charge < -0.3 is 5.73 Å². The maximum atomic E-state index is 11.5. The van der Waals surface area contributed by atoms with Crippen molar-refractivity contribution in [2.75, 3.05) is 0 Å². The Hall–Kier alpha value is -1.68. The zero-order valence-electron chi connectivity index (χ0n) is 10.3. The molecule has 1 aromatic heterocycles. The minimum absolute atomic E-state index is 0.199. The second-order valence-corrected chi connectivity index (χ2v) is 5.10. The van der Waals surface area contributed by atoms with Crippen LogP contribution in [0.15, 0.2) is 35.8 Å². The third-order valence-corrected chi connectivity index (χ3v) is 3.71. The summed E-state index contributed by atoms with van der Waals surface area (Å²) in [7, 11) is 0. The van der Waals surface area contributed by atoms with Gasteiger partial charge in [-0.1, -0.05) is 31.5 Å². The first-order valence-electron chi connectivity index (χ1n) is 6.01. The number of thiazole rings is 1. The SMILES string of the molecule is CCCC(C(N)=O)c1cccc(-c2nccs2)c1. The van der Waals surface area contributed by atoms with Crippen LogP contribution in [0.5, 0.6) is 0 Å². The molecule has 1 unspecified atom stereocenters.